The Labute approximate surface area is 181 Å². The molecule has 2 amide bonds. The summed E-state index contributed by atoms with van der Waals surface area (Å²) in [4.78, 5) is 24.2. The highest BCUT2D eigenvalue weighted by Gasteiger charge is 2.08. The van der Waals surface area contributed by atoms with E-state index in [4.69, 9.17) is 9.47 Å². The summed E-state index contributed by atoms with van der Waals surface area (Å²) in [5, 5.41) is 8.83. The quantitative estimate of drug-likeness (QED) is 0.410. The van der Waals surface area contributed by atoms with Crippen LogP contribution < -0.4 is 20.2 Å². The third kappa shape index (κ3) is 5.82. The minimum absolute atomic E-state index is 0.104. The minimum atomic E-state index is -0.301. The van der Waals surface area contributed by atoms with Crippen LogP contribution in [-0.4, -0.2) is 38.3 Å². The van der Waals surface area contributed by atoms with Gasteiger partial charge in [-0.25, -0.2) is 5.43 Å². The van der Waals surface area contributed by atoms with Crippen molar-refractivity contribution in [2.45, 2.75) is 13.3 Å². The number of benzene rings is 3. The minimum Gasteiger partial charge on any atom is -0.497 e. The summed E-state index contributed by atoms with van der Waals surface area (Å²) in [5.41, 5.74) is 3.80. The fourth-order valence-electron chi connectivity index (χ4n) is 3.05. The maximum absolute atomic E-state index is 12.1. The van der Waals surface area contributed by atoms with Gasteiger partial charge >= 0.3 is 0 Å². The van der Waals surface area contributed by atoms with Gasteiger partial charge in [0.05, 0.1) is 19.9 Å². The van der Waals surface area contributed by atoms with Crippen LogP contribution in [0.1, 0.15) is 29.3 Å². The van der Waals surface area contributed by atoms with E-state index in [1.54, 1.807) is 37.6 Å². The molecule has 3 aromatic rings. The van der Waals surface area contributed by atoms with Crippen LogP contribution in [0.3, 0.4) is 0 Å². The van der Waals surface area contributed by atoms with Crippen molar-refractivity contribution in [2.24, 2.45) is 5.10 Å². The fourth-order valence-corrected chi connectivity index (χ4v) is 3.05. The van der Waals surface area contributed by atoms with Gasteiger partial charge in [0.15, 0.2) is 0 Å². The highest BCUT2D eigenvalue weighted by atomic mass is 16.5. The van der Waals surface area contributed by atoms with Crippen molar-refractivity contribution in [3.05, 3.63) is 71.8 Å². The average molecular weight is 419 g/mol. The predicted octanol–water partition coefficient (Wildman–Crippen LogP) is 3.52. The van der Waals surface area contributed by atoms with E-state index in [2.05, 4.69) is 15.8 Å². The lowest BCUT2D eigenvalue weighted by molar-refractivity contribution is -0.120. The van der Waals surface area contributed by atoms with Crippen LogP contribution in [0.5, 0.6) is 11.5 Å². The standard InChI is InChI=1S/C24H25N3O4/c1-3-31-22-13-10-17-6-4-5-7-20(17)21(22)16-26-27-23(28)14-15-25-24(29)18-8-11-19(30-2)12-9-18/h4-13,16H,3,14-15H2,1-2H3,(H,25,29)(H,27,28). The first-order valence-corrected chi connectivity index (χ1v) is 10.0. The molecule has 3 aromatic carbocycles. The van der Waals surface area contributed by atoms with Crippen LogP contribution in [0.4, 0.5) is 0 Å². The van der Waals surface area contributed by atoms with E-state index in [-0.39, 0.29) is 24.8 Å². The van der Waals surface area contributed by atoms with Crippen LogP contribution in [0.15, 0.2) is 65.8 Å². The maximum Gasteiger partial charge on any atom is 0.251 e. The highest BCUT2D eigenvalue weighted by Crippen LogP contribution is 2.26. The largest absolute Gasteiger partial charge is 0.497 e. The van der Waals surface area contributed by atoms with Crippen LogP contribution in [0.25, 0.3) is 10.8 Å². The number of nitrogens with one attached hydrogen (secondary N) is 2. The van der Waals surface area contributed by atoms with Gasteiger partial charge in [-0.05, 0) is 48.0 Å². The van der Waals surface area contributed by atoms with E-state index in [1.165, 1.54) is 0 Å². The molecule has 3 rings (SSSR count). The van der Waals surface area contributed by atoms with Crippen molar-refractivity contribution in [1.29, 1.82) is 0 Å². The Balaban J connectivity index is 1.54. The molecule has 0 aliphatic carbocycles. The molecule has 0 radical (unpaired) electrons. The molecular formula is C24H25N3O4. The number of hydrazone groups is 1. The monoisotopic (exact) mass is 419 g/mol. The molecular weight excluding hydrogens is 394 g/mol. The predicted molar refractivity (Wildman–Crippen MR) is 121 cm³/mol. The molecule has 0 saturated heterocycles. The third-order valence-electron chi connectivity index (χ3n) is 4.60. The van der Waals surface area contributed by atoms with E-state index < -0.39 is 0 Å². The molecule has 2 N–H and O–H groups in total. The normalized spacial score (nSPS) is 10.8. The summed E-state index contributed by atoms with van der Waals surface area (Å²) in [5.74, 6) is 0.818. The molecule has 0 aliphatic rings. The van der Waals surface area contributed by atoms with Gasteiger partial charge in [-0.1, -0.05) is 30.3 Å². The van der Waals surface area contributed by atoms with Crippen LogP contribution in [-0.2, 0) is 4.79 Å². The van der Waals surface area contributed by atoms with E-state index in [0.717, 1.165) is 16.3 Å². The lowest BCUT2D eigenvalue weighted by Crippen LogP contribution is -2.29. The number of hydrogen-bond donors (Lipinski definition) is 2. The molecule has 0 spiro atoms. The van der Waals surface area contributed by atoms with Gasteiger partial charge in [-0.3, -0.25) is 9.59 Å². The number of carbonyl (C=O) groups is 2. The highest BCUT2D eigenvalue weighted by molar-refractivity contribution is 6.02. The second-order valence-electron chi connectivity index (χ2n) is 6.66. The molecule has 160 valence electrons. The first-order valence-electron chi connectivity index (χ1n) is 10.0. The first kappa shape index (κ1) is 21.8. The van der Waals surface area contributed by atoms with Crippen molar-refractivity contribution >= 4 is 28.8 Å². The summed E-state index contributed by atoms with van der Waals surface area (Å²) in [7, 11) is 1.56. The molecule has 0 bridgehead atoms. The topological polar surface area (TPSA) is 89.0 Å². The molecule has 0 saturated carbocycles. The zero-order valence-electron chi connectivity index (χ0n) is 17.6. The Morgan fingerprint density at radius 2 is 1.81 bits per heavy atom. The van der Waals surface area contributed by atoms with Gasteiger partial charge in [0.2, 0.25) is 5.91 Å². The summed E-state index contributed by atoms with van der Waals surface area (Å²) in [6, 6.07) is 18.5. The van der Waals surface area contributed by atoms with Gasteiger partial charge < -0.3 is 14.8 Å². The number of amides is 2. The molecule has 0 aromatic heterocycles. The van der Waals surface area contributed by atoms with Crippen LogP contribution >= 0.6 is 0 Å². The van der Waals surface area contributed by atoms with Crippen molar-refractivity contribution in [2.75, 3.05) is 20.3 Å². The van der Waals surface area contributed by atoms with E-state index in [1.807, 2.05) is 43.3 Å². The molecule has 0 atom stereocenters. The summed E-state index contributed by atoms with van der Waals surface area (Å²) in [6.45, 7) is 2.64. The van der Waals surface area contributed by atoms with E-state index in [0.29, 0.717) is 23.7 Å². The van der Waals surface area contributed by atoms with Gasteiger partial charge in [0.1, 0.15) is 11.5 Å². The number of hydrogen-bond acceptors (Lipinski definition) is 5. The van der Waals surface area contributed by atoms with Gasteiger partial charge in [0, 0.05) is 24.1 Å². The van der Waals surface area contributed by atoms with Gasteiger partial charge in [-0.2, -0.15) is 5.10 Å². The zero-order valence-corrected chi connectivity index (χ0v) is 17.6. The van der Waals surface area contributed by atoms with Crippen molar-refractivity contribution in [3.63, 3.8) is 0 Å². The third-order valence-corrected chi connectivity index (χ3v) is 4.60. The summed E-state index contributed by atoms with van der Waals surface area (Å²) < 4.78 is 10.8. The molecule has 7 nitrogen and oxygen atoms in total. The maximum atomic E-state index is 12.1. The Bertz CT molecular complexity index is 1080. The molecule has 0 unspecified atom stereocenters. The second-order valence-corrected chi connectivity index (χ2v) is 6.66. The molecule has 31 heavy (non-hydrogen) atoms. The van der Waals surface area contributed by atoms with E-state index >= 15 is 0 Å². The zero-order chi connectivity index (χ0) is 22.1. The second kappa shape index (κ2) is 10.8. The number of ether oxygens (including phenoxy) is 2. The molecule has 0 fully saturated rings. The van der Waals surface area contributed by atoms with Crippen molar-refractivity contribution in [1.82, 2.24) is 10.7 Å². The van der Waals surface area contributed by atoms with Crippen molar-refractivity contribution < 1.29 is 19.1 Å². The summed E-state index contributed by atoms with van der Waals surface area (Å²) >= 11 is 0. The number of nitrogens with zero attached hydrogens (tertiary/aromatic N) is 1. The Morgan fingerprint density at radius 1 is 1.03 bits per heavy atom. The number of fused-ring (bicyclic) bond motifs is 1. The molecule has 0 aliphatic heterocycles. The summed E-state index contributed by atoms with van der Waals surface area (Å²) in [6.07, 6.45) is 1.69. The molecule has 0 heterocycles. The van der Waals surface area contributed by atoms with E-state index in [9.17, 15) is 9.59 Å². The first-order chi connectivity index (χ1) is 15.1. The van der Waals surface area contributed by atoms with Gasteiger partial charge in [-0.15, -0.1) is 0 Å². The van der Waals surface area contributed by atoms with Gasteiger partial charge in [0.25, 0.3) is 5.91 Å². The van der Waals surface area contributed by atoms with Crippen LogP contribution in [0, 0.1) is 0 Å². The number of rotatable bonds is 9. The number of carbonyl (C=O) groups excluding carboxylic acids is 2. The Kier molecular flexibility index (Phi) is 7.59. The lowest BCUT2D eigenvalue weighted by Gasteiger charge is -2.10. The average Bonchev–Trinajstić information content (AvgIpc) is 2.80. The smallest absolute Gasteiger partial charge is 0.251 e. The number of methoxy groups -OCH3 is 1. The molecule has 7 heteroatoms. The lowest BCUT2D eigenvalue weighted by atomic mass is 10.0. The SMILES string of the molecule is CCOc1ccc2ccccc2c1C=NNC(=O)CCNC(=O)c1ccc(OC)cc1. The van der Waals surface area contributed by atoms with Crippen molar-refractivity contribution in [3.8, 4) is 11.5 Å². The fraction of sp³-hybridized carbons (Fsp3) is 0.208. The Hall–Kier alpha value is -3.87. The Morgan fingerprint density at radius 3 is 2.55 bits per heavy atom. The van der Waals surface area contributed by atoms with Crippen LogP contribution in [0.2, 0.25) is 0 Å².